The Hall–Kier alpha value is -3.68. The van der Waals surface area contributed by atoms with Gasteiger partial charge in [-0.15, -0.1) is 11.6 Å². The highest BCUT2D eigenvalue weighted by molar-refractivity contribution is 6.32. The third-order valence-electron chi connectivity index (χ3n) is 9.02. The van der Waals surface area contributed by atoms with Gasteiger partial charge < -0.3 is 41.0 Å². The predicted molar refractivity (Wildman–Crippen MR) is 204 cm³/mol. The molecule has 3 rings (SSSR count). The number of nitrogens with one attached hydrogen (secondary N) is 3. The molecule has 0 saturated carbocycles. The summed E-state index contributed by atoms with van der Waals surface area (Å²) in [6, 6.07) is 11.5. The van der Waals surface area contributed by atoms with Gasteiger partial charge in [0.1, 0.15) is 17.9 Å². The van der Waals surface area contributed by atoms with Crippen molar-refractivity contribution in [2.75, 3.05) is 26.7 Å². The van der Waals surface area contributed by atoms with Crippen molar-refractivity contribution in [3.05, 3.63) is 76.3 Å². The van der Waals surface area contributed by atoms with Gasteiger partial charge in [0, 0.05) is 44.9 Å². The number of aliphatic hydroxyl groups is 1. The van der Waals surface area contributed by atoms with Crippen molar-refractivity contribution >= 4 is 47.0 Å². The van der Waals surface area contributed by atoms with Crippen LogP contribution in [0.25, 0.3) is 0 Å². The van der Waals surface area contributed by atoms with Crippen molar-refractivity contribution in [3.8, 4) is 5.75 Å². The normalized spacial score (nSPS) is 22.5. The Kier molecular flexibility index (Phi) is 17.1. The average molecular weight is 778 g/mol. The maximum atomic E-state index is 13.7. The summed E-state index contributed by atoms with van der Waals surface area (Å²) < 4.78 is 17.0. The minimum atomic E-state index is -1.26. The third kappa shape index (κ3) is 13.3. The van der Waals surface area contributed by atoms with Crippen LogP contribution in [0, 0.1) is 17.3 Å². The SMILES string of the molecule is COc1ccc(C[C@H]2NC(=O)/C=C/C[C@@H]([C@H](C)[C@@H](O)[C@@H](Cl)c3ccc(CNCCN)cc3)OC(=O)[C@H](CC(C)C)OC(=O)C(C)(C)CNC2=O)cc1Cl. The van der Waals surface area contributed by atoms with Crippen LogP contribution in [0.2, 0.25) is 5.02 Å². The fraction of sp³-hybridized carbons (Fsp3) is 0.538. The van der Waals surface area contributed by atoms with Crippen LogP contribution in [-0.4, -0.2) is 80.0 Å². The molecule has 0 aliphatic carbocycles. The lowest BCUT2D eigenvalue weighted by atomic mass is 9.90. The number of amides is 2. The molecule has 2 amide bonds. The van der Waals surface area contributed by atoms with Gasteiger partial charge in [0.25, 0.3) is 0 Å². The number of alkyl halides is 1. The minimum absolute atomic E-state index is 0.00549. The highest BCUT2D eigenvalue weighted by atomic mass is 35.5. The largest absolute Gasteiger partial charge is 0.495 e. The Bertz CT molecular complexity index is 1570. The van der Waals surface area contributed by atoms with Crippen LogP contribution < -0.4 is 26.4 Å². The van der Waals surface area contributed by atoms with Gasteiger partial charge in [-0.3, -0.25) is 14.4 Å². The van der Waals surface area contributed by atoms with E-state index in [0.717, 1.165) is 5.56 Å². The maximum absolute atomic E-state index is 13.7. The number of methoxy groups -OCH3 is 1. The molecule has 0 saturated heterocycles. The van der Waals surface area contributed by atoms with Crippen LogP contribution in [0.15, 0.2) is 54.6 Å². The Morgan fingerprint density at radius 2 is 1.74 bits per heavy atom. The second-order valence-electron chi connectivity index (χ2n) is 14.4. The molecule has 53 heavy (non-hydrogen) atoms. The highest BCUT2D eigenvalue weighted by Crippen LogP contribution is 2.33. The van der Waals surface area contributed by atoms with Gasteiger partial charge in [0.05, 0.1) is 29.0 Å². The summed E-state index contributed by atoms with van der Waals surface area (Å²) in [6.07, 6.45) is -0.405. The zero-order chi connectivity index (χ0) is 39.3. The summed E-state index contributed by atoms with van der Waals surface area (Å²) in [5.74, 6) is -2.95. The molecule has 2 aromatic rings. The second-order valence-corrected chi connectivity index (χ2v) is 15.3. The standard InChI is InChI=1S/C39H54Cl2N4O8/c1-23(2)18-32-37(49)52-30(24(3)35(47)34(41)27-13-10-25(11-14-27)21-43-17-16-42)8-7-9-33(46)45-29(20-26-12-15-31(51-6)28(40)19-26)36(48)44-22-39(4,5)38(50)53-32/h7,9-15,19,23-24,29-30,32,34-35,43,47H,8,16-18,20-22,42H2,1-6H3,(H,44,48)(H,45,46)/b9-7+/t24-,29+,30-,32-,34-,35+/m0/s1. The first kappa shape index (κ1) is 43.7. The Labute approximate surface area is 322 Å². The van der Waals surface area contributed by atoms with Gasteiger partial charge in [-0.1, -0.05) is 68.8 Å². The summed E-state index contributed by atoms with van der Waals surface area (Å²) >= 11 is 13.1. The van der Waals surface area contributed by atoms with Gasteiger partial charge in [-0.2, -0.15) is 0 Å². The summed E-state index contributed by atoms with van der Waals surface area (Å²) in [7, 11) is 1.49. The first-order valence-corrected chi connectivity index (χ1v) is 18.7. The Balaban J connectivity index is 1.93. The third-order valence-corrected chi connectivity index (χ3v) is 9.83. The summed E-state index contributed by atoms with van der Waals surface area (Å²) in [5, 5.41) is 19.7. The lowest BCUT2D eigenvalue weighted by Crippen LogP contribution is -2.51. The highest BCUT2D eigenvalue weighted by Gasteiger charge is 2.38. The molecule has 0 fully saturated rings. The molecule has 0 radical (unpaired) electrons. The molecule has 0 aromatic heterocycles. The number of halogens is 2. The van der Waals surface area contributed by atoms with E-state index >= 15 is 0 Å². The van der Waals surface area contributed by atoms with Crippen LogP contribution >= 0.6 is 23.2 Å². The molecular weight excluding hydrogens is 723 g/mol. The number of hydrogen-bond donors (Lipinski definition) is 5. The molecule has 0 unspecified atom stereocenters. The number of esters is 2. The van der Waals surface area contributed by atoms with Crippen molar-refractivity contribution in [1.82, 2.24) is 16.0 Å². The van der Waals surface area contributed by atoms with Gasteiger partial charge in [-0.05, 0) is 61.1 Å². The van der Waals surface area contributed by atoms with Crippen molar-refractivity contribution in [1.29, 1.82) is 0 Å². The number of nitrogens with two attached hydrogens (primary N) is 1. The number of hydrogen-bond acceptors (Lipinski definition) is 10. The Morgan fingerprint density at radius 1 is 1.06 bits per heavy atom. The average Bonchev–Trinajstić information content (AvgIpc) is 3.11. The second kappa shape index (κ2) is 20.7. The van der Waals surface area contributed by atoms with Crippen molar-refractivity contribution in [2.45, 2.75) is 90.2 Å². The van der Waals surface area contributed by atoms with E-state index in [1.54, 1.807) is 39.0 Å². The van der Waals surface area contributed by atoms with Crippen molar-refractivity contribution in [3.63, 3.8) is 0 Å². The molecule has 12 nitrogen and oxygen atoms in total. The first-order valence-electron chi connectivity index (χ1n) is 17.9. The molecule has 6 atom stereocenters. The molecule has 1 heterocycles. The monoisotopic (exact) mass is 776 g/mol. The van der Waals surface area contributed by atoms with Gasteiger partial charge in [-0.25, -0.2) is 4.79 Å². The van der Waals surface area contributed by atoms with Gasteiger partial charge in [0.15, 0.2) is 6.10 Å². The van der Waals surface area contributed by atoms with Crippen molar-refractivity contribution < 1.29 is 38.5 Å². The zero-order valence-electron chi connectivity index (χ0n) is 31.3. The minimum Gasteiger partial charge on any atom is -0.495 e. The number of rotatable bonds is 13. The van der Waals surface area contributed by atoms with Gasteiger partial charge in [0.2, 0.25) is 11.8 Å². The lowest BCUT2D eigenvalue weighted by Gasteiger charge is -2.32. The molecular formula is C39H54Cl2N4O8. The number of aliphatic hydroxyl groups excluding tert-OH is 1. The maximum Gasteiger partial charge on any atom is 0.347 e. The molecule has 14 heteroatoms. The van der Waals surface area contributed by atoms with Crippen LogP contribution in [0.1, 0.15) is 69.5 Å². The van der Waals surface area contributed by atoms with Gasteiger partial charge >= 0.3 is 11.9 Å². The van der Waals surface area contributed by atoms with E-state index in [2.05, 4.69) is 16.0 Å². The quantitative estimate of drug-likeness (QED) is 0.112. The fourth-order valence-corrected chi connectivity index (χ4v) is 6.31. The van der Waals surface area contributed by atoms with E-state index in [0.29, 0.717) is 41.5 Å². The Morgan fingerprint density at radius 3 is 2.36 bits per heavy atom. The number of benzene rings is 2. The molecule has 292 valence electrons. The summed E-state index contributed by atoms with van der Waals surface area (Å²) in [5.41, 5.74) is 6.64. The molecule has 2 aromatic carbocycles. The summed E-state index contributed by atoms with van der Waals surface area (Å²) in [6.45, 7) is 10.3. The number of carbonyl (C=O) groups excluding carboxylic acids is 4. The zero-order valence-corrected chi connectivity index (χ0v) is 32.8. The van der Waals surface area contributed by atoms with E-state index in [1.807, 2.05) is 38.1 Å². The molecule has 1 aliphatic rings. The molecule has 6 N–H and O–H groups in total. The molecule has 0 spiro atoms. The summed E-state index contributed by atoms with van der Waals surface area (Å²) in [4.78, 5) is 54.0. The molecule has 1 aliphatic heterocycles. The number of cyclic esters (lactones) is 2. The van der Waals surface area contributed by atoms with E-state index in [1.165, 1.54) is 19.3 Å². The topological polar surface area (TPSA) is 178 Å². The first-order chi connectivity index (χ1) is 25.1. The van der Waals surface area contributed by atoms with Crippen LogP contribution in [0.5, 0.6) is 5.75 Å². The fourth-order valence-electron chi connectivity index (χ4n) is 5.66. The van der Waals surface area contributed by atoms with Crippen LogP contribution in [0.4, 0.5) is 0 Å². The number of carbonyl (C=O) groups is 4. The van der Waals surface area contributed by atoms with E-state index < -0.39 is 64.8 Å². The number of ether oxygens (including phenoxy) is 3. The smallest absolute Gasteiger partial charge is 0.347 e. The van der Waals surface area contributed by atoms with Crippen LogP contribution in [0.3, 0.4) is 0 Å². The van der Waals surface area contributed by atoms with E-state index in [-0.39, 0.29) is 31.7 Å². The lowest BCUT2D eigenvalue weighted by molar-refractivity contribution is -0.180. The van der Waals surface area contributed by atoms with E-state index in [4.69, 9.17) is 43.1 Å². The van der Waals surface area contributed by atoms with Crippen LogP contribution in [-0.2, 0) is 41.6 Å². The molecule has 0 bridgehead atoms. The van der Waals surface area contributed by atoms with E-state index in [9.17, 15) is 24.3 Å². The van der Waals surface area contributed by atoms with Crippen molar-refractivity contribution in [2.24, 2.45) is 23.0 Å². The predicted octanol–water partition coefficient (Wildman–Crippen LogP) is 4.37.